The first-order valence-corrected chi connectivity index (χ1v) is 7.61. The quantitative estimate of drug-likeness (QED) is 0.756. The van der Waals surface area contributed by atoms with Crippen LogP contribution in [0.1, 0.15) is 23.5 Å². The van der Waals surface area contributed by atoms with Gasteiger partial charge in [-0.25, -0.2) is 0 Å². The average molecular weight is 324 g/mol. The Bertz CT molecular complexity index is 869. The van der Waals surface area contributed by atoms with E-state index in [-0.39, 0.29) is 12.3 Å². The van der Waals surface area contributed by atoms with Gasteiger partial charge in [0.15, 0.2) is 11.5 Å². The van der Waals surface area contributed by atoms with Crippen molar-refractivity contribution in [2.45, 2.75) is 12.3 Å². The third-order valence-corrected chi connectivity index (χ3v) is 4.18. The average Bonchev–Trinajstić information content (AvgIpc) is 3.02. The Morgan fingerprint density at radius 1 is 1.12 bits per heavy atom. The number of rotatable bonds is 6. The molecule has 0 aliphatic rings. The first-order chi connectivity index (χ1) is 11.6. The number of hydrogen-bond acceptors (Lipinski definition) is 4. The van der Waals surface area contributed by atoms with Gasteiger partial charge in [-0.15, -0.1) is 0 Å². The summed E-state index contributed by atoms with van der Waals surface area (Å²) in [4.78, 5) is 14.5. The lowest BCUT2D eigenvalue weighted by molar-refractivity contribution is -0.305. The summed E-state index contributed by atoms with van der Waals surface area (Å²) in [6.07, 6.45) is 1.74. The van der Waals surface area contributed by atoms with Crippen molar-refractivity contribution in [3.05, 3.63) is 59.8 Å². The second-order valence-electron chi connectivity index (χ2n) is 5.53. The minimum absolute atomic E-state index is 0.114. The van der Waals surface area contributed by atoms with Gasteiger partial charge < -0.3 is 24.4 Å². The van der Waals surface area contributed by atoms with E-state index in [0.29, 0.717) is 11.5 Å². The molecule has 0 saturated heterocycles. The first kappa shape index (κ1) is 15.9. The number of carbonyl (C=O) groups is 1. The maximum Gasteiger partial charge on any atom is 0.161 e. The molecule has 0 aliphatic carbocycles. The number of fused-ring (bicyclic) bond motifs is 1. The predicted octanol–water partition coefficient (Wildman–Crippen LogP) is 2.46. The van der Waals surface area contributed by atoms with Crippen molar-refractivity contribution in [1.29, 1.82) is 0 Å². The molecule has 0 bridgehead atoms. The summed E-state index contributed by atoms with van der Waals surface area (Å²) in [5.74, 6) is -0.267. The van der Waals surface area contributed by atoms with Crippen LogP contribution >= 0.6 is 0 Å². The first-order valence-electron chi connectivity index (χ1n) is 7.61. The summed E-state index contributed by atoms with van der Waals surface area (Å²) in [6, 6.07) is 13.3. The van der Waals surface area contributed by atoms with Gasteiger partial charge in [0.2, 0.25) is 0 Å². The molecule has 0 radical (unpaired) electrons. The van der Waals surface area contributed by atoms with E-state index in [0.717, 1.165) is 22.0 Å². The van der Waals surface area contributed by atoms with E-state index in [1.54, 1.807) is 20.3 Å². The van der Waals surface area contributed by atoms with Crippen LogP contribution in [0, 0.1) is 0 Å². The van der Waals surface area contributed by atoms with Gasteiger partial charge in [0.25, 0.3) is 0 Å². The number of aromatic nitrogens is 1. The molecule has 0 fully saturated rings. The van der Waals surface area contributed by atoms with E-state index >= 15 is 0 Å². The molecule has 124 valence electrons. The van der Waals surface area contributed by atoms with E-state index in [9.17, 15) is 9.90 Å². The highest BCUT2D eigenvalue weighted by Crippen LogP contribution is 2.37. The monoisotopic (exact) mass is 324 g/mol. The fourth-order valence-corrected chi connectivity index (χ4v) is 3.03. The molecule has 0 amide bonds. The Labute approximate surface area is 139 Å². The van der Waals surface area contributed by atoms with E-state index < -0.39 is 5.97 Å². The third-order valence-electron chi connectivity index (χ3n) is 4.18. The molecule has 3 rings (SSSR count). The maximum absolute atomic E-state index is 11.3. The fraction of sp³-hybridized carbons (Fsp3) is 0.211. The molecule has 1 atom stereocenters. The highest BCUT2D eigenvalue weighted by molar-refractivity contribution is 5.85. The van der Waals surface area contributed by atoms with Crippen LogP contribution in [0.15, 0.2) is 48.7 Å². The number of aromatic amines is 1. The van der Waals surface area contributed by atoms with E-state index in [2.05, 4.69) is 4.98 Å². The van der Waals surface area contributed by atoms with Gasteiger partial charge in [-0.05, 0) is 35.7 Å². The lowest BCUT2D eigenvalue weighted by atomic mass is 9.88. The van der Waals surface area contributed by atoms with Crippen LogP contribution in [0.5, 0.6) is 11.5 Å². The molecule has 0 unspecified atom stereocenters. The largest absolute Gasteiger partial charge is 0.550 e. The Hall–Kier alpha value is -2.95. The van der Waals surface area contributed by atoms with Gasteiger partial charge in [-0.1, -0.05) is 24.3 Å². The molecule has 1 aromatic heterocycles. The molecule has 0 saturated carbocycles. The van der Waals surface area contributed by atoms with E-state index in [1.807, 2.05) is 42.6 Å². The lowest BCUT2D eigenvalue weighted by Gasteiger charge is -2.19. The molecule has 1 heterocycles. The molecule has 2 aromatic carbocycles. The second kappa shape index (κ2) is 6.66. The van der Waals surface area contributed by atoms with Crippen molar-refractivity contribution in [1.82, 2.24) is 4.98 Å². The smallest absolute Gasteiger partial charge is 0.161 e. The van der Waals surface area contributed by atoms with Crippen molar-refractivity contribution in [2.24, 2.45) is 0 Å². The number of ether oxygens (including phenoxy) is 2. The van der Waals surface area contributed by atoms with Crippen LogP contribution in [0.2, 0.25) is 0 Å². The molecule has 0 spiro atoms. The van der Waals surface area contributed by atoms with Crippen molar-refractivity contribution >= 4 is 16.9 Å². The maximum atomic E-state index is 11.3. The van der Waals surface area contributed by atoms with Crippen LogP contribution in [0.4, 0.5) is 0 Å². The molecule has 24 heavy (non-hydrogen) atoms. The van der Waals surface area contributed by atoms with Crippen molar-refractivity contribution < 1.29 is 19.4 Å². The number of hydrogen-bond donors (Lipinski definition) is 1. The van der Waals surface area contributed by atoms with Gasteiger partial charge in [0.1, 0.15) is 0 Å². The van der Waals surface area contributed by atoms with Crippen LogP contribution in [0.3, 0.4) is 0 Å². The molecular formula is C19H18NO4-. The predicted molar refractivity (Wildman–Crippen MR) is 89.3 cm³/mol. The lowest BCUT2D eigenvalue weighted by Crippen LogP contribution is -2.24. The Kier molecular flexibility index (Phi) is 4.42. The van der Waals surface area contributed by atoms with Crippen LogP contribution < -0.4 is 14.6 Å². The summed E-state index contributed by atoms with van der Waals surface area (Å²) in [5.41, 5.74) is 2.72. The van der Waals surface area contributed by atoms with E-state index in [1.165, 1.54) is 0 Å². The molecule has 5 nitrogen and oxygen atoms in total. The number of methoxy groups -OCH3 is 2. The number of H-pyrrole nitrogens is 1. The van der Waals surface area contributed by atoms with Gasteiger partial charge in [0, 0.05) is 29.0 Å². The molecule has 0 aliphatic heterocycles. The second-order valence-corrected chi connectivity index (χ2v) is 5.53. The number of para-hydroxylation sites is 1. The third kappa shape index (κ3) is 2.93. The summed E-state index contributed by atoms with van der Waals surface area (Å²) in [6.45, 7) is 0. The van der Waals surface area contributed by atoms with Crippen LogP contribution in [0.25, 0.3) is 10.9 Å². The Morgan fingerprint density at radius 3 is 2.58 bits per heavy atom. The van der Waals surface area contributed by atoms with Gasteiger partial charge in [-0.2, -0.15) is 0 Å². The standard InChI is InChI=1S/C19H19NO4/c1-23-17-8-7-12(9-18(17)24-2)14(10-19(21)22)15-11-20-16-6-4-3-5-13(15)16/h3-9,11,14,20H,10H2,1-2H3,(H,21,22)/p-1/t14-/m1/s1. The minimum atomic E-state index is -1.10. The van der Waals surface area contributed by atoms with Gasteiger partial charge in [-0.3, -0.25) is 0 Å². The number of carbonyl (C=O) groups excluding carboxylic acids is 1. The zero-order valence-electron chi connectivity index (χ0n) is 13.5. The van der Waals surface area contributed by atoms with Crippen molar-refractivity contribution in [3.8, 4) is 11.5 Å². The van der Waals surface area contributed by atoms with Crippen LogP contribution in [-0.4, -0.2) is 25.2 Å². The number of nitrogens with one attached hydrogen (secondary N) is 1. The zero-order chi connectivity index (χ0) is 17.1. The summed E-state index contributed by atoms with van der Waals surface area (Å²) in [7, 11) is 3.12. The number of benzene rings is 2. The van der Waals surface area contributed by atoms with Gasteiger partial charge in [0.05, 0.1) is 14.2 Å². The fourth-order valence-electron chi connectivity index (χ4n) is 3.03. The Balaban J connectivity index is 2.12. The summed E-state index contributed by atoms with van der Waals surface area (Å²) >= 11 is 0. The molecule has 1 N–H and O–H groups in total. The number of carboxylic acids is 1. The highest BCUT2D eigenvalue weighted by Gasteiger charge is 2.20. The van der Waals surface area contributed by atoms with Crippen LogP contribution in [-0.2, 0) is 4.79 Å². The highest BCUT2D eigenvalue weighted by atomic mass is 16.5. The summed E-state index contributed by atoms with van der Waals surface area (Å²) < 4.78 is 10.6. The topological polar surface area (TPSA) is 74.4 Å². The van der Waals surface area contributed by atoms with Crippen molar-refractivity contribution in [3.63, 3.8) is 0 Å². The van der Waals surface area contributed by atoms with E-state index in [4.69, 9.17) is 9.47 Å². The number of aliphatic carboxylic acids is 1. The van der Waals surface area contributed by atoms with Crippen molar-refractivity contribution in [2.75, 3.05) is 14.2 Å². The molecular weight excluding hydrogens is 306 g/mol. The number of carboxylic acid groups (broad SMARTS) is 1. The molecule has 3 aromatic rings. The minimum Gasteiger partial charge on any atom is -0.550 e. The van der Waals surface area contributed by atoms with Gasteiger partial charge >= 0.3 is 0 Å². The Morgan fingerprint density at radius 2 is 1.88 bits per heavy atom. The zero-order valence-corrected chi connectivity index (χ0v) is 13.5. The summed E-state index contributed by atoms with van der Waals surface area (Å²) in [5, 5.41) is 12.3. The molecule has 5 heteroatoms. The normalized spacial score (nSPS) is 12.1. The SMILES string of the molecule is COc1ccc([C@@H](CC(=O)[O-])c2c[nH]c3ccccc23)cc1OC.